The third kappa shape index (κ3) is 3.16. The lowest BCUT2D eigenvalue weighted by Crippen LogP contribution is -2.40. The van der Waals surface area contributed by atoms with Gasteiger partial charge in [-0.3, -0.25) is 0 Å². The molecule has 1 heterocycles. The third-order valence-corrected chi connectivity index (χ3v) is 3.91. The molecule has 0 radical (unpaired) electrons. The maximum atomic E-state index is 6.12. The van der Waals surface area contributed by atoms with Gasteiger partial charge in [-0.25, -0.2) is 5.90 Å². The van der Waals surface area contributed by atoms with Crippen molar-refractivity contribution in [2.75, 3.05) is 18.1 Å². The predicted octanol–water partition coefficient (Wildman–Crippen LogP) is 3.29. The van der Waals surface area contributed by atoms with Gasteiger partial charge >= 0.3 is 0 Å². The molecule has 0 bridgehead atoms. The summed E-state index contributed by atoms with van der Waals surface area (Å²) in [4.78, 5) is 7.19. The number of benzene rings is 1. The van der Waals surface area contributed by atoms with Crippen molar-refractivity contribution in [2.45, 2.75) is 38.6 Å². The fraction of sp³-hybridized carbons (Fsp3) is 0.571. The highest BCUT2D eigenvalue weighted by Gasteiger charge is 2.23. The van der Waals surface area contributed by atoms with E-state index in [1.54, 1.807) is 0 Å². The summed E-state index contributed by atoms with van der Waals surface area (Å²) in [6.45, 7) is 3.84. The van der Waals surface area contributed by atoms with Crippen molar-refractivity contribution in [3.63, 3.8) is 0 Å². The van der Waals surface area contributed by atoms with E-state index in [4.69, 9.17) is 22.3 Å². The number of aryl methyl sites for hydroxylation is 1. The van der Waals surface area contributed by atoms with Crippen molar-refractivity contribution in [1.82, 2.24) is 0 Å². The molecule has 0 amide bonds. The largest absolute Gasteiger partial charge is 0.368 e. The Balaban J connectivity index is 2.19. The lowest BCUT2D eigenvalue weighted by Gasteiger charge is -2.38. The number of halogens is 1. The molecule has 1 aromatic rings. The number of hydrogen-bond acceptors (Lipinski definition) is 3. The highest BCUT2D eigenvalue weighted by atomic mass is 35.5. The Morgan fingerprint density at radius 1 is 1.44 bits per heavy atom. The summed E-state index contributed by atoms with van der Waals surface area (Å²) in [5.74, 6) is 5.14. The summed E-state index contributed by atoms with van der Waals surface area (Å²) in [6.07, 6.45) is 4.70. The Hall–Kier alpha value is -0.770. The molecule has 1 saturated heterocycles. The van der Waals surface area contributed by atoms with Crippen molar-refractivity contribution in [3.8, 4) is 0 Å². The maximum absolute atomic E-state index is 6.12. The summed E-state index contributed by atoms with van der Waals surface area (Å²) in [5.41, 5.74) is 2.53. The first-order valence-electron chi connectivity index (χ1n) is 6.57. The van der Waals surface area contributed by atoms with Crippen molar-refractivity contribution in [1.29, 1.82) is 0 Å². The molecule has 0 saturated carbocycles. The molecule has 2 N–H and O–H groups in total. The van der Waals surface area contributed by atoms with Gasteiger partial charge in [-0.2, -0.15) is 0 Å². The van der Waals surface area contributed by atoms with Crippen LogP contribution < -0.4 is 10.8 Å². The maximum Gasteiger partial charge on any atom is 0.0698 e. The number of hydrogen-bond donors (Lipinski definition) is 1. The summed E-state index contributed by atoms with van der Waals surface area (Å²) in [7, 11) is 0. The number of nitrogens with two attached hydrogens (primary N) is 1. The van der Waals surface area contributed by atoms with Crippen LogP contribution in [-0.4, -0.2) is 19.2 Å². The van der Waals surface area contributed by atoms with Crippen molar-refractivity contribution in [2.24, 2.45) is 5.90 Å². The fourth-order valence-corrected chi connectivity index (χ4v) is 2.88. The summed E-state index contributed by atoms with van der Waals surface area (Å²) in [6, 6.07) is 6.61. The molecule has 100 valence electrons. The Labute approximate surface area is 114 Å². The van der Waals surface area contributed by atoms with Crippen LogP contribution in [0.15, 0.2) is 18.2 Å². The second-order valence-electron chi connectivity index (χ2n) is 4.93. The molecule has 18 heavy (non-hydrogen) atoms. The number of nitrogens with zero attached hydrogens (tertiary/aromatic N) is 1. The van der Waals surface area contributed by atoms with Crippen LogP contribution in [0.25, 0.3) is 0 Å². The quantitative estimate of drug-likeness (QED) is 0.852. The van der Waals surface area contributed by atoms with Crippen LogP contribution in [-0.2, 0) is 4.84 Å². The molecule has 0 spiro atoms. The highest BCUT2D eigenvalue weighted by Crippen LogP contribution is 2.31. The van der Waals surface area contributed by atoms with Crippen LogP contribution in [0.4, 0.5) is 5.69 Å². The van der Waals surface area contributed by atoms with E-state index in [-0.39, 0.29) is 0 Å². The van der Waals surface area contributed by atoms with E-state index in [1.165, 1.54) is 30.5 Å². The monoisotopic (exact) mass is 268 g/mol. The average Bonchev–Trinajstić information content (AvgIpc) is 2.39. The normalized spacial score (nSPS) is 20.2. The molecule has 1 unspecified atom stereocenters. The average molecular weight is 269 g/mol. The van der Waals surface area contributed by atoms with Crippen molar-refractivity contribution >= 4 is 17.3 Å². The summed E-state index contributed by atoms with van der Waals surface area (Å²) in [5, 5.41) is 0.801. The van der Waals surface area contributed by atoms with Gasteiger partial charge in [0, 0.05) is 23.3 Å². The van der Waals surface area contributed by atoms with E-state index in [0.717, 1.165) is 18.0 Å². The van der Waals surface area contributed by atoms with E-state index in [2.05, 4.69) is 24.0 Å². The van der Waals surface area contributed by atoms with E-state index in [9.17, 15) is 0 Å². The standard InChI is InChI=1S/C14H21ClN2O/c1-11-5-6-12(15)10-14(11)17-8-3-2-4-13(17)7-9-18-16/h5-6,10,13H,2-4,7-9,16H2,1H3. The molecular weight excluding hydrogens is 248 g/mol. The van der Waals surface area contributed by atoms with Crippen LogP contribution in [0.2, 0.25) is 5.02 Å². The van der Waals surface area contributed by atoms with Gasteiger partial charge in [-0.1, -0.05) is 17.7 Å². The lowest BCUT2D eigenvalue weighted by atomic mass is 9.98. The summed E-state index contributed by atoms with van der Waals surface area (Å²) >= 11 is 6.12. The van der Waals surface area contributed by atoms with E-state index in [1.807, 2.05) is 6.07 Å². The van der Waals surface area contributed by atoms with Gasteiger partial charge in [0.2, 0.25) is 0 Å². The van der Waals surface area contributed by atoms with Gasteiger partial charge in [0.25, 0.3) is 0 Å². The van der Waals surface area contributed by atoms with E-state index >= 15 is 0 Å². The van der Waals surface area contributed by atoms with Crippen LogP contribution in [0.5, 0.6) is 0 Å². The SMILES string of the molecule is Cc1ccc(Cl)cc1N1CCCCC1CCON. The van der Waals surface area contributed by atoms with Gasteiger partial charge in [-0.05, 0) is 50.3 Å². The van der Waals surface area contributed by atoms with Gasteiger partial charge in [-0.15, -0.1) is 0 Å². The van der Waals surface area contributed by atoms with Crippen molar-refractivity contribution in [3.05, 3.63) is 28.8 Å². The predicted molar refractivity (Wildman–Crippen MR) is 75.9 cm³/mol. The van der Waals surface area contributed by atoms with Gasteiger partial charge in [0.15, 0.2) is 0 Å². The molecule has 1 aliphatic rings. The van der Waals surface area contributed by atoms with E-state index < -0.39 is 0 Å². The Bertz CT molecular complexity index is 397. The molecule has 0 aromatic heterocycles. The molecule has 4 heteroatoms. The third-order valence-electron chi connectivity index (χ3n) is 3.68. The topological polar surface area (TPSA) is 38.5 Å². The number of rotatable bonds is 4. The first kappa shape index (κ1) is 13.7. The zero-order valence-electron chi connectivity index (χ0n) is 10.9. The first-order valence-corrected chi connectivity index (χ1v) is 6.94. The molecule has 1 fully saturated rings. The fourth-order valence-electron chi connectivity index (χ4n) is 2.71. The lowest BCUT2D eigenvalue weighted by molar-refractivity contribution is 0.127. The van der Waals surface area contributed by atoms with Crippen LogP contribution in [0.3, 0.4) is 0 Å². The molecule has 1 atom stereocenters. The van der Waals surface area contributed by atoms with E-state index in [0.29, 0.717) is 12.6 Å². The number of anilines is 1. The Morgan fingerprint density at radius 3 is 3.06 bits per heavy atom. The smallest absolute Gasteiger partial charge is 0.0698 e. The van der Waals surface area contributed by atoms with Crippen LogP contribution in [0.1, 0.15) is 31.2 Å². The minimum Gasteiger partial charge on any atom is -0.368 e. The molecular formula is C14H21ClN2O. The molecule has 0 aliphatic carbocycles. The minimum atomic E-state index is 0.513. The van der Waals surface area contributed by atoms with Gasteiger partial charge in [0.1, 0.15) is 0 Å². The van der Waals surface area contributed by atoms with Crippen LogP contribution >= 0.6 is 11.6 Å². The zero-order valence-corrected chi connectivity index (χ0v) is 11.6. The van der Waals surface area contributed by atoms with Crippen molar-refractivity contribution < 1.29 is 4.84 Å². The minimum absolute atomic E-state index is 0.513. The highest BCUT2D eigenvalue weighted by molar-refractivity contribution is 6.30. The Morgan fingerprint density at radius 2 is 2.28 bits per heavy atom. The zero-order chi connectivity index (χ0) is 13.0. The second kappa shape index (κ2) is 6.41. The molecule has 2 rings (SSSR count). The summed E-state index contributed by atoms with van der Waals surface area (Å²) < 4.78 is 0. The van der Waals surface area contributed by atoms with Crippen LogP contribution in [0, 0.1) is 6.92 Å². The van der Waals surface area contributed by atoms with Gasteiger partial charge < -0.3 is 9.74 Å². The second-order valence-corrected chi connectivity index (χ2v) is 5.37. The van der Waals surface area contributed by atoms with Gasteiger partial charge in [0.05, 0.1) is 6.61 Å². The molecule has 3 nitrogen and oxygen atoms in total. The molecule has 1 aliphatic heterocycles. The molecule has 1 aromatic carbocycles. The Kier molecular flexibility index (Phi) is 4.87. The first-order chi connectivity index (χ1) is 8.72. The number of piperidine rings is 1.